The Kier molecular flexibility index (Phi) is 4.99. The van der Waals surface area contributed by atoms with Gasteiger partial charge < -0.3 is 19.5 Å². The van der Waals surface area contributed by atoms with Crippen molar-refractivity contribution >= 4 is 28.9 Å². The van der Waals surface area contributed by atoms with Crippen molar-refractivity contribution in [3.05, 3.63) is 65.0 Å². The Hall–Kier alpha value is -3.32. The first-order valence-corrected chi connectivity index (χ1v) is 9.41. The molecule has 142 valence electrons. The van der Waals surface area contributed by atoms with Gasteiger partial charge in [-0.05, 0) is 42.5 Å². The lowest BCUT2D eigenvalue weighted by atomic mass is 10.1. The Morgan fingerprint density at radius 3 is 2.71 bits per heavy atom. The molecule has 4 rings (SSSR count). The van der Waals surface area contributed by atoms with E-state index in [1.165, 1.54) is 11.3 Å². The molecule has 3 aromatic rings. The van der Waals surface area contributed by atoms with Crippen molar-refractivity contribution in [2.45, 2.75) is 6.61 Å². The first-order valence-electron chi connectivity index (χ1n) is 8.60. The molecule has 0 aliphatic carbocycles. The van der Waals surface area contributed by atoms with E-state index in [1.807, 2.05) is 24.3 Å². The summed E-state index contributed by atoms with van der Waals surface area (Å²) in [6.45, 7) is 0.0502. The SMILES string of the molecule is COc1ccc(NC(=O)COC(=O)c2cc3c(s2)-c2ccccc2OC3)cc1. The quantitative estimate of drug-likeness (QED) is 0.658. The average molecular weight is 395 g/mol. The fourth-order valence-corrected chi connectivity index (χ4v) is 3.96. The number of fused-ring (bicyclic) bond motifs is 3. The Balaban J connectivity index is 1.38. The number of para-hydroxylation sites is 1. The van der Waals surface area contributed by atoms with Crippen molar-refractivity contribution in [1.29, 1.82) is 0 Å². The highest BCUT2D eigenvalue weighted by atomic mass is 32.1. The van der Waals surface area contributed by atoms with Crippen LogP contribution in [0.25, 0.3) is 10.4 Å². The van der Waals surface area contributed by atoms with Crippen LogP contribution in [0.2, 0.25) is 0 Å². The summed E-state index contributed by atoms with van der Waals surface area (Å²) in [4.78, 5) is 25.8. The molecule has 0 atom stereocenters. The summed E-state index contributed by atoms with van der Waals surface area (Å²) in [5, 5.41) is 2.67. The zero-order valence-electron chi connectivity index (χ0n) is 15.1. The number of amides is 1. The van der Waals surface area contributed by atoms with Crippen LogP contribution in [0.15, 0.2) is 54.6 Å². The Bertz CT molecular complexity index is 1030. The highest BCUT2D eigenvalue weighted by Gasteiger charge is 2.23. The molecule has 6 nitrogen and oxygen atoms in total. The van der Waals surface area contributed by atoms with E-state index in [-0.39, 0.29) is 6.61 Å². The van der Waals surface area contributed by atoms with Gasteiger partial charge in [0.25, 0.3) is 5.91 Å². The van der Waals surface area contributed by atoms with Gasteiger partial charge in [0.1, 0.15) is 23.0 Å². The molecule has 0 spiro atoms. The molecule has 1 aliphatic rings. The molecule has 1 aliphatic heterocycles. The largest absolute Gasteiger partial charge is 0.497 e. The molecular weight excluding hydrogens is 378 g/mol. The number of rotatable bonds is 5. The fraction of sp³-hybridized carbons (Fsp3) is 0.143. The van der Waals surface area contributed by atoms with Crippen molar-refractivity contribution in [3.63, 3.8) is 0 Å². The molecule has 0 fully saturated rings. The second kappa shape index (κ2) is 7.74. The number of methoxy groups -OCH3 is 1. The van der Waals surface area contributed by atoms with Gasteiger partial charge in [-0.25, -0.2) is 4.79 Å². The molecule has 0 unspecified atom stereocenters. The number of hydrogen-bond donors (Lipinski definition) is 1. The Morgan fingerprint density at radius 1 is 1.14 bits per heavy atom. The van der Waals surface area contributed by atoms with Crippen molar-refractivity contribution in [3.8, 4) is 21.9 Å². The minimum absolute atomic E-state index is 0.361. The van der Waals surface area contributed by atoms with E-state index >= 15 is 0 Å². The zero-order valence-corrected chi connectivity index (χ0v) is 15.9. The van der Waals surface area contributed by atoms with Gasteiger partial charge in [0.05, 0.1) is 7.11 Å². The maximum Gasteiger partial charge on any atom is 0.348 e. The highest BCUT2D eigenvalue weighted by molar-refractivity contribution is 7.17. The molecule has 0 radical (unpaired) electrons. The number of carbonyl (C=O) groups is 2. The fourth-order valence-electron chi connectivity index (χ4n) is 2.87. The summed E-state index contributed by atoms with van der Waals surface area (Å²) in [5.41, 5.74) is 2.51. The van der Waals surface area contributed by atoms with Crippen LogP contribution in [-0.4, -0.2) is 25.6 Å². The van der Waals surface area contributed by atoms with E-state index < -0.39 is 11.9 Å². The molecular formula is C21H17NO5S. The number of thiophene rings is 1. The first-order chi connectivity index (χ1) is 13.6. The van der Waals surface area contributed by atoms with Gasteiger partial charge in [0, 0.05) is 21.7 Å². The van der Waals surface area contributed by atoms with Gasteiger partial charge in [-0.2, -0.15) is 0 Å². The molecule has 2 heterocycles. The van der Waals surface area contributed by atoms with Gasteiger partial charge in [-0.1, -0.05) is 12.1 Å². The molecule has 0 saturated heterocycles. The Labute approximate surface area is 165 Å². The van der Waals surface area contributed by atoms with Crippen LogP contribution in [0.3, 0.4) is 0 Å². The zero-order chi connectivity index (χ0) is 19.5. The third-order valence-electron chi connectivity index (χ3n) is 4.23. The van der Waals surface area contributed by atoms with E-state index in [0.29, 0.717) is 22.9 Å². The highest BCUT2D eigenvalue weighted by Crippen LogP contribution is 2.42. The molecule has 1 amide bonds. The molecule has 0 saturated carbocycles. The van der Waals surface area contributed by atoms with Crippen LogP contribution < -0.4 is 14.8 Å². The number of carbonyl (C=O) groups excluding carboxylic acids is 2. The van der Waals surface area contributed by atoms with Crippen LogP contribution >= 0.6 is 11.3 Å². The summed E-state index contributed by atoms with van der Waals surface area (Å²) < 4.78 is 15.9. The summed E-state index contributed by atoms with van der Waals surface area (Å²) in [7, 11) is 1.57. The molecule has 2 aromatic carbocycles. The van der Waals surface area contributed by atoms with E-state index in [2.05, 4.69) is 5.32 Å². The predicted molar refractivity (Wildman–Crippen MR) is 106 cm³/mol. The van der Waals surface area contributed by atoms with Crippen LogP contribution in [0.4, 0.5) is 5.69 Å². The average Bonchev–Trinajstić information content (AvgIpc) is 3.17. The maximum absolute atomic E-state index is 12.4. The van der Waals surface area contributed by atoms with Gasteiger partial charge >= 0.3 is 5.97 Å². The van der Waals surface area contributed by atoms with E-state index in [0.717, 1.165) is 21.8 Å². The van der Waals surface area contributed by atoms with Crippen LogP contribution in [0, 0.1) is 0 Å². The van der Waals surface area contributed by atoms with Crippen LogP contribution in [0.5, 0.6) is 11.5 Å². The Morgan fingerprint density at radius 2 is 1.93 bits per heavy atom. The summed E-state index contributed by atoms with van der Waals surface area (Å²) in [6, 6.07) is 16.4. The second-order valence-electron chi connectivity index (χ2n) is 6.10. The molecule has 28 heavy (non-hydrogen) atoms. The van der Waals surface area contributed by atoms with Crippen LogP contribution in [-0.2, 0) is 16.1 Å². The second-order valence-corrected chi connectivity index (χ2v) is 7.15. The van der Waals surface area contributed by atoms with Crippen molar-refractivity contribution in [1.82, 2.24) is 0 Å². The molecule has 0 bridgehead atoms. The summed E-state index contributed by atoms with van der Waals surface area (Å²) in [6.07, 6.45) is 0. The number of ether oxygens (including phenoxy) is 3. The predicted octanol–water partition coefficient (Wildman–Crippen LogP) is 4.11. The number of hydrogen-bond acceptors (Lipinski definition) is 6. The lowest BCUT2D eigenvalue weighted by Crippen LogP contribution is -2.20. The van der Waals surface area contributed by atoms with Crippen LogP contribution in [0.1, 0.15) is 15.2 Å². The van der Waals surface area contributed by atoms with E-state index in [1.54, 1.807) is 37.4 Å². The van der Waals surface area contributed by atoms with Crippen molar-refractivity contribution in [2.75, 3.05) is 19.0 Å². The minimum atomic E-state index is -0.526. The number of benzene rings is 2. The lowest BCUT2D eigenvalue weighted by molar-refractivity contribution is -0.119. The van der Waals surface area contributed by atoms with Crippen molar-refractivity contribution < 1.29 is 23.8 Å². The normalized spacial score (nSPS) is 11.6. The number of anilines is 1. The van der Waals surface area contributed by atoms with E-state index in [9.17, 15) is 9.59 Å². The first kappa shape index (κ1) is 18.1. The van der Waals surface area contributed by atoms with Gasteiger partial charge in [-0.3, -0.25) is 4.79 Å². The summed E-state index contributed by atoms with van der Waals surface area (Å²) >= 11 is 1.35. The third kappa shape index (κ3) is 3.70. The number of nitrogens with one attached hydrogen (secondary N) is 1. The summed E-state index contributed by atoms with van der Waals surface area (Å²) in [5.74, 6) is 0.558. The van der Waals surface area contributed by atoms with Gasteiger partial charge in [-0.15, -0.1) is 11.3 Å². The maximum atomic E-state index is 12.4. The monoisotopic (exact) mass is 395 g/mol. The number of esters is 1. The van der Waals surface area contributed by atoms with E-state index in [4.69, 9.17) is 14.2 Å². The molecule has 1 aromatic heterocycles. The molecule has 7 heteroatoms. The lowest BCUT2D eigenvalue weighted by Gasteiger charge is -2.16. The molecule has 1 N–H and O–H groups in total. The topological polar surface area (TPSA) is 73.9 Å². The minimum Gasteiger partial charge on any atom is -0.497 e. The standard InChI is InChI=1S/C21H17NO5S/c1-25-15-8-6-14(7-9-15)22-19(23)12-27-21(24)18-10-13-11-26-17-5-3-2-4-16(17)20(13)28-18/h2-10H,11-12H2,1H3,(H,22,23). The van der Waals surface area contributed by atoms with Gasteiger partial charge in [0.2, 0.25) is 0 Å². The van der Waals surface area contributed by atoms with Gasteiger partial charge in [0.15, 0.2) is 6.61 Å². The van der Waals surface area contributed by atoms with Crippen molar-refractivity contribution in [2.24, 2.45) is 0 Å². The third-order valence-corrected chi connectivity index (χ3v) is 5.42. The smallest absolute Gasteiger partial charge is 0.348 e.